The Bertz CT molecular complexity index is 1120. The molecule has 6 nitrogen and oxygen atoms in total. The predicted octanol–water partition coefficient (Wildman–Crippen LogP) is 5.21. The van der Waals surface area contributed by atoms with E-state index < -0.39 is 4.92 Å². The van der Waals surface area contributed by atoms with Crippen LogP contribution >= 0.6 is 0 Å². The van der Waals surface area contributed by atoms with Gasteiger partial charge in [-0.05, 0) is 30.7 Å². The second kappa shape index (κ2) is 6.33. The van der Waals surface area contributed by atoms with Gasteiger partial charge in [0.1, 0.15) is 0 Å². The molecular weight excluding hydrogens is 330 g/mol. The molecule has 0 aliphatic heterocycles. The molecule has 0 aliphatic carbocycles. The lowest BCUT2D eigenvalue weighted by atomic mass is 10.0. The molecule has 0 saturated heterocycles. The number of nitrogens with zero attached hydrogens (tertiary/aromatic N) is 2. The van der Waals surface area contributed by atoms with Crippen molar-refractivity contribution in [3.05, 3.63) is 81.7 Å². The van der Waals surface area contributed by atoms with Gasteiger partial charge in [-0.15, -0.1) is 0 Å². The first-order chi connectivity index (χ1) is 12.6. The molecule has 2 heterocycles. The van der Waals surface area contributed by atoms with Crippen molar-refractivity contribution >= 4 is 28.7 Å². The Hall–Kier alpha value is -3.67. The smallest absolute Gasteiger partial charge is 0.338 e. The fraction of sp³-hybridized carbons (Fsp3) is 0.0500. The zero-order valence-electron chi connectivity index (χ0n) is 14.0. The Labute approximate surface area is 148 Å². The maximum Gasteiger partial charge on any atom is 0.338 e. The van der Waals surface area contributed by atoms with E-state index in [-0.39, 0.29) is 17.1 Å². The topological polar surface area (TPSA) is 85.0 Å². The van der Waals surface area contributed by atoms with Gasteiger partial charge in [-0.25, -0.2) is 0 Å². The van der Waals surface area contributed by atoms with Crippen molar-refractivity contribution in [1.82, 2.24) is 10.1 Å². The van der Waals surface area contributed by atoms with E-state index in [0.717, 1.165) is 27.7 Å². The molecule has 0 saturated carbocycles. The summed E-state index contributed by atoms with van der Waals surface area (Å²) >= 11 is 0. The highest BCUT2D eigenvalue weighted by molar-refractivity contribution is 5.98. The average molecular weight is 345 g/mol. The first-order valence-electron chi connectivity index (χ1n) is 8.10. The van der Waals surface area contributed by atoms with Crippen LogP contribution in [0.2, 0.25) is 0 Å². The van der Waals surface area contributed by atoms with Crippen LogP contribution in [-0.4, -0.2) is 15.1 Å². The minimum Gasteiger partial charge on any atom is -0.354 e. The van der Waals surface area contributed by atoms with Crippen LogP contribution in [0.1, 0.15) is 17.0 Å². The molecular formula is C20H15N3O3. The summed E-state index contributed by atoms with van der Waals surface area (Å²) in [6, 6.07) is 17.9. The Kier molecular flexibility index (Phi) is 3.85. The highest BCUT2D eigenvalue weighted by atomic mass is 16.6. The monoisotopic (exact) mass is 345 g/mol. The van der Waals surface area contributed by atoms with Crippen LogP contribution in [0.5, 0.6) is 0 Å². The van der Waals surface area contributed by atoms with Gasteiger partial charge < -0.3 is 9.51 Å². The number of nitro groups is 1. The van der Waals surface area contributed by atoms with Gasteiger partial charge in [-0.2, -0.15) is 0 Å². The lowest BCUT2D eigenvalue weighted by Gasteiger charge is -2.00. The van der Waals surface area contributed by atoms with Gasteiger partial charge in [0.05, 0.1) is 10.6 Å². The summed E-state index contributed by atoms with van der Waals surface area (Å²) in [4.78, 5) is 14.2. The fourth-order valence-electron chi connectivity index (χ4n) is 3.04. The first-order valence-corrected chi connectivity index (χ1v) is 8.10. The van der Waals surface area contributed by atoms with E-state index in [1.165, 1.54) is 0 Å². The van der Waals surface area contributed by atoms with Crippen molar-refractivity contribution in [2.24, 2.45) is 0 Å². The number of rotatable bonds is 4. The SMILES string of the molecule is Cc1noc(/C=C/c2c(-c3ccccc3)[nH]c3ccccc23)c1[N+](=O)[O-]. The van der Waals surface area contributed by atoms with Crippen LogP contribution in [0.4, 0.5) is 5.69 Å². The molecule has 128 valence electrons. The van der Waals surface area contributed by atoms with Crippen LogP contribution in [0, 0.1) is 17.0 Å². The molecule has 0 atom stereocenters. The van der Waals surface area contributed by atoms with Crippen LogP contribution in [0.15, 0.2) is 59.1 Å². The van der Waals surface area contributed by atoms with Crippen molar-refractivity contribution in [2.45, 2.75) is 6.92 Å². The number of nitrogens with one attached hydrogen (secondary N) is 1. The molecule has 0 fully saturated rings. The van der Waals surface area contributed by atoms with Crippen molar-refractivity contribution in [1.29, 1.82) is 0 Å². The highest BCUT2D eigenvalue weighted by Crippen LogP contribution is 2.33. The molecule has 0 radical (unpaired) electrons. The molecule has 1 N–H and O–H groups in total. The van der Waals surface area contributed by atoms with Gasteiger partial charge in [0.25, 0.3) is 0 Å². The summed E-state index contributed by atoms with van der Waals surface area (Å²) < 4.78 is 5.12. The molecule has 4 aromatic rings. The zero-order valence-corrected chi connectivity index (χ0v) is 14.0. The Balaban J connectivity index is 1.87. The summed E-state index contributed by atoms with van der Waals surface area (Å²) in [5.41, 5.74) is 4.07. The number of aromatic amines is 1. The molecule has 6 heteroatoms. The number of para-hydroxylation sites is 1. The molecule has 0 amide bonds. The Morgan fingerprint density at radius 3 is 2.58 bits per heavy atom. The third kappa shape index (κ3) is 2.67. The number of aryl methyl sites for hydroxylation is 1. The van der Waals surface area contributed by atoms with Crippen LogP contribution in [0.25, 0.3) is 34.3 Å². The summed E-state index contributed by atoms with van der Waals surface area (Å²) in [7, 11) is 0. The largest absolute Gasteiger partial charge is 0.354 e. The quantitative estimate of drug-likeness (QED) is 0.406. The minimum atomic E-state index is -0.473. The molecule has 4 rings (SSSR count). The van der Waals surface area contributed by atoms with E-state index in [1.807, 2.05) is 60.7 Å². The van der Waals surface area contributed by atoms with Crippen LogP contribution in [0.3, 0.4) is 0 Å². The van der Waals surface area contributed by atoms with Gasteiger partial charge in [0.15, 0.2) is 5.69 Å². The van der Waals surface area contributed by atoms with Crippen molar-refractivity contribution in [3.8, 4) is 11.3 Å². The molecule has 2 aromatic carbocycles. The van der Waals surface area contributed by atoms with E-state index in [0.29, 0.717) is 0 Å². The molecule has 0 unspecified atom stereocenters. The second-order valence-electron chi connectivity index (χ2n) is 5.90. The molecule has 26 heavy (non-hydrogen) atoms. The number of H-pyrrole nitrogens is 1. The van der Waals surface area contributed by atoms with E-state index >= 15 is 0 Å². The minimum absolute atomic E-state index is 0.109. The second-order valence-corrected chi connectivity index (χ2v) is 5.90. The lowest BCUT2D eigenvalue weighted by molar-refractivity contribution is -0.386. The van der Waals surface area contributed by atoms with Crippen molar-refractivity contribution in [3.63, 3.8) is 0 Å². The fourth-order valence-corrected chi connectivity index (χ4v) is 3.04. The lowest BCUT2D eigenvalue weighted by Crippen LogP contribution is -1.90. The third-order valence-corrected chi connectivity index (χ3v) is 4.25. The maximum atomic E-state index is 11.2. The number of hydrogen-bond acceptors (Lipinski definition) is 4. The summed E-state index contributed by atoms with van der Waals surface area (Å²) in [5.74, 6) is 0.136. The molecule has 0 aliphatic rings. The first kappa shape index (κ1) is 15.8. The van der Waals surface area contributed by atoms with E-state index in [4.69, 9.17) is 4.52 Å². The predicted molar refractivity (Wildman–Crippen MR) is 101 cm³/mol. The molecule has 0 bridgehead atoms. The van der Waals surface area contributed by atoms with E-state index in [9.17, 15) is 10.1 Å². The van der Waals surface area contributed by atoms with Gasteiger partial charge >= 0.3 is 5.69 Å². The molecule has 2 aromatic heterocycles. The van der Waals surface area contributed by atoms with Crippen molar-refractivity contribution in [2.75, 3.05) is 0 Å². The van der Waals surface area contributed by atoms with Crippen LogP contribution < -0.4 is 0 Å². The Morgan fingerprint density at radius 1 is 1.08 bits per heavy atom. The number of aromatic nitrogens is 2. The van der Waals surface area contributed by atoms with Crippen molar-refractivity contribution < 1.29 is 9.45 Å². The average Bonchev–Trinajstić information content (AvgIpc) is 3.21. The Morgan fingerprint density at radius 2 is 1.81 bits per heavy atom. The zero-order chi connectivity index (χ0) is 18.1. The van der Waals surface area contributed by atoms with E-state index in [1.54, 1.807) is 13.0 Å². The maximum absolute atomic E-state index is 11.2. The van der Waals surface area contributed by atoms with Gasteiger partial charge in [0.2, 0.25) is 5.76 Å². The number of benzene rings is 2. The van der Waals surface area contributed by atoms with E-state index in [2.05, 4.69) is 10.1 Å². The normalized spacial score (nSPS) is 11.4. The third-order valence-electron chi connectivity index (χ3n) is 4.25. The number of hydrogen-bond donors (Lipinski definition) is 1. The van der Waals surface area contributed by atoms with Gasteiger partial charge in [0, 0.05) is 16.5 Å². The van der Waals surface area contributed by atoms with Crippen LogP contribution in [-0.2, 0) is 0 Å². The summed E-state index contributed by atoms with van der Waals surface area (Å²) in [6.45, 7) is 1.56. The summed E-state index contributed by atoms with van der Waals surface area (Å²) in [6.07, 6.45) is 3.42. The standard InChI is InChI=1S/C20H15N3O3/c1-13-20(23(24)25)18(26-22-13)12-11-16-15-9-5-6-10-17(15)21-19(16)14-7-3-2-4-8-14/h2-12,21H,1H3/b12-11+. The van der Waals surface area contributed by atoms with Gasteiger partial charge in [-0.1, -0.05) is 53.7 Å². The number of fused-ring (bicyclic) bond motifs is 1. The molecule has 0 spiro atoms. The van der Waals surface area contributed by atoms with Gasteiger partial charge in [-0.3, -0.25) is 10.1 Å². The summed E-state index contributed by atoms with van der Waals surface area (Å²) in [5, 5.41) is 16.0. The highest BCUT2D eigenvalue weighted by Gasteiger charge is 2.22.